The zero-order valence-electron chi connectivity index (χ0n) is 10.1. The molecule has 0 fully saturated rings. The Labute approximate surface area is 122 Å². The van der Waals surface area contributed by atoms with E-state index < -0.39 is 5.82 Å². The van der Waals surface area contributed by atoms with Crippen LogP contribution < -0.4 is 5.32 Å². The van der Waals surface area contributed by atoms with Crippen molar-refractivity contribution in [3.8, 4) is 0 Å². The Morgan fingerprint density at radius 3 is 2.95 bits per heavy atom. The molecule has 0 aliphatic rings. The highest BCUT2D eigenvalue weighted by Gasteiger charge is 2.13. The number of halogens is 2. The van der Waals surface area contributed by atoms with Gasteiger partial charge in [-0.25, -0.2) is 4.39 Å². The van der Waals surface area contributed by atoms with Crippen molar-refractivity contribution in [3.63, 3.8) is 0 Å². The average molecular weight is 344 g/mol. The molecule has 19 heavy (non-hydrogen) atoms. The topological polar surface area (TPSA) is 54.9 Å². The monoisotopic (exact) mass is 343 g/mol. The first-order valence-corrected chi connectivity index (χ1v) is 7.30. The molecule has 0 spiro atoms. The van der Waals surface area contributed by atoms with Crippen LogP contribution in [0.15, 0.2) is 22.7 Å². The van der Waals surface area contributed by atoms with E-state index >= 15 is 0 Å². The number of rotatable bonds is 4. The first-order chi connectivity index (χ1) is 9.10. The van der Waals surface area contributed by atoms with Gasteiger partial charge in [0, 0.05) is 10.9 Å². The third-order valence-corrected chi connectivity index (χ3v) is 3.88. The van der Waals surface area contributed by atoms with Crippen molar-refractivity contribution in [3.05, 3.63) is 39.1 Å². The molecule has 0 saturated carbocycles. The largest absolute Gasteiger partial charge is 0.296 e. The van der Waals surface area contributed by atoms with Crippen LogP contribution in [-0.4, -0.2) is 16.1 Å². The van der Waals surface area contributed by atoms with E-state index in [0.717, 1.165) is 17.8 Å². The second-order valence-corrected chi connectivity index (χ2v) is 5.75. The van der Waals surface area contributed by atoms with E-state index in [1.54, 1.807) is 0 Å². The molecule has 0 atom stereocenters. The number of aryl methyl sites for hydroxylation is 1. The van der Waals surface area contributed by atoms with Gasteiger partial charge in [0.25, 0.3) is 5.91 Å². The van der Waals surface area contributed by atoms with E-state index in [0.29, 0.717) is 15.2 Å². The van der Waals surface area contributed by atoms with Crippen molar-refractivity contribution in [2.75, 3.05) is 5.32 Å². The maximum atomic E-state index is 12.9. The molecule has 0 aliphatic carbocycles. The van der Waals surface area contributed by atoms with Gasteiger partial charge in [0.1, 0.15) is 10.8 Å². The van der Waals surface area contributed by atoms with E-state index in [2.05, 4.69) is 38.4 Å². The summed E-state index contributed by atoms with van der Waals surface area (Å²) < 4.78 is 13.3. The molecule has 0 radical (unpaired) electrons. The molecule has 7 heteroatoms. The Balaban J connectivity index is 2.11. The Morgan fingerprint density at radius 2 is 2.26 bits per heavy atom. The lowest BCUT2D eigenvalue weighted by Gasteiger charge is -2.03. The number of anilines is 1. The molecule has 0 saturated heterocycles. The molecule has 2 aromatic rings. The van der Waals surface area contributed by atoms with Gasteiger partial charge in [0.2, 0.25) is 5.13 Å². The van der Waals surface area contributed by atoms with Gasteiger partial charge in [0.05, 0.1) is 5.56 Å². The maximum absolute atomic E-state index is 12.9. The van der Waals surface area contributed by atoms with Crippen molar-refractivity contribution in [2.24, 2.45) is 0 Å². The maximum Gasteiger partial charge on any atom is 0.258 e. The number of benzene rings is 1. The number of hydrogen-bond donors (Lipinski definition) is 1. The fourth-order valence-electron chi connectivity index (χ4n) is 1.46. The molecule has 0 aliphatic heterocycles. The van der Waals surface area contributed by atoms with E-state index in [1.807, 2.05) is 0 Å². The van der Waals surface area contributed by atoms with Gasteiger partial charge in [-0.3, -0.25) is 10.1 Å². The molecular formula is C12H11BrFN3OS. The van der Waals surface area contributed by atoms with E-state index in [4.69, 9.17) is 0 Å². The zero-order chi connectivity index (χ0) is 13.8. The number of hydrogen-bond acceptors (Lipinski definition) is 4. The zero-order valence-corrected chi connectivity index (χ0v) is 12.5. The number of carbonyl (C=O) groups excluding carboxylic acids is 1. The molecule has 1 N–H and O–H groups in total. The van der Waals surface area contributed by atoms with Gasteiger partial charge in [-0.05, 0) is 40.5 Å². The first-order valence-electron chi connectivity index (χ1n) is 5.69. The van der Waals surface area contributed by atoms with Crippen LogP contribution in [0.3, 0.4) is 0 Å². The number of nitrogens with one attached hydrogen (secondary N) is 1. The van der Waals surface area contributed by atoms with Crippen LogP contribution in [0.4, 0.5) is 9.52 Å². The summed E-state index contributed by atoms with van der Waals surface area (Å²) >= 11 is 4.50. The van der Waals surface area contributed by atoms with Gasteiger partial charge in [-0.15, -0.1) is 10.2 Å². The normalized spacial score (nSPS) is 10.5. The molecule has 4 nitrogen and oxygen atoms in total. The standard InChI is InChI=1S/C12H11BrFN3OS/c1-2-3-10-16-17-12(19-10)15-11(18)8-5-4-7(14)6-9(8)13/h4-6H,2-3H2,1H3,(H,15,17,18). The Kier molecular flexibility index (Phi) is 4.60. The van der Waals surface area contributed by atoms with Crippen molar-refractivity contribution in [1.82, 2.24) is 10.2 Å². The lowest BCUT2D eigenvalue weighted by Crippen LogP contribution is -2.12. The molecular weight excluding hydrogens is 333 g/mol. The van der Waals surface area contributed by atoms with Gasteiger partial charge >= 0.3 is 0 Å². The summed E-state index contributed by atoms with van der Waals surface area (Å²) in [7, 11) is 0. The van der Waals surface area contributed by atoms with Crippen LogP contribution in [-0.2, 0) is 6.42 Å². The number of amides is 1. The fourth-order valence-corrected chi connectivity index (χ4v) is 2.82. The summed E-state index contributed by atoms with van der Waals surface area (Å²) in [6.07, 6.45) is 1.82. The minimum Gasteiger partial charge on any atom is -0.296 e. The number of nitrogens with zero attached hydrogens (tertiary/aromatic N) is 2. The van der Waals surface area contributed by atoms with Crippen LogP contribution in [0.1, 0.15) is 28.7 Å². The highest BCUT2D eigenvalue weighted by molar-refractivity contribution is 9.10. The summed E-state index contributed by atoms with van der Waals surface area (Å²) in [4.78, 5) is 12.0. The quantitative estimate of drug-likeness (QED) is 0.921. The van der Waals surface area contributed by atoms with Crippen molar-refractivity contribution < 1.29 is 9.18 Å². The summed E-state index contributed by atoms with van der Waals surface area (Å²) in [5.41, 5.74) is 0.355. The van der Waals surface area contributed by atoms with Gasteiger partial charge in [-0.2, -0.15) is 0 Å². The van der Waals surface area contributed by atoms with E-state index in [-0.39, 0.29) is 5.91 Å². The molecule has 2 rings (SSSR count). The third-order valence-electron chi connectivity index (χ3n) is 2.33. The molecule has 0 unspecified atom stereocenters. The van der Waals surface area contributed by atoms with Gasteiger partial charge < -0.3 is 0 Å². The molecule has 100 valence electrons. The van der Waals surface area contributed by atoms with E-state index in [1.165, 1.54) is 29.5 Å². The van der Waals surface area contributed by atoms with Crippen LogP contribution in [0, 0.1) is 5.82 Å². The highest BCUT2D eigenvalue weighted by atomic mass is 79.9. The SMILES string of the molecule is CCCc1nnc(NC(=O)c2ccc(F)cc2Br)s1. The predicted octanol–water partition coefficient (Wildman–Crippen LogP) is 3.64. The Morgan fingerprint density at radius 1 is 1.47 bits per heavy atom. The minimum absolute atomic E-state index is 0.342. The van der Waals surface area contributed by atoms with Gasteiger partial charge in [-0.1, -0.05) is 18.3 Å². The van der Waals surface area contributed by atoms with Crippen molar-refractivity contribution in [2.45, 2.75) is 19.8 Å². The van der Waals surface area contributed by atoms with Gasteiger partial charge in [0.15, 0.2) is 0 Å². The Bertz CT molecular complexity index is 602. The van der Waals surface area contributed by atoms with E-state index in [9.17, 15) is 9.18 Å². The van der Waals surface area contributed by atoms with Crippen LogP contribution in [0.2, 0.25) is 0 Å². The van der Waals surface area contributed by atoms with Crippen LogP contribution in [0.25, 0.3) is 0 Å². The van der Waals surface area contributed by atoms with Crippen LogP contribution in [0.5, 0.6) is 0 Å². The Hall–Kier alpha value is -1.34. The molecule has 0 bridgehead atoms. The molecule has 1 amide bonds. The average Bonchev–Trinajstić information content (AvgIpc) is 2.76. The molecule has 1 aromatic carbocycles. The summed E-state index contributed by atoms with van der Waals surface area (Å²) in [6, 6.07) is 3.91. The van der Waals surface area contributed by atoms with Crippen molar-refractivity contribution >= 4 is 38.3 Å². The summed E-state index contributed by atoms with van der Waals surface area (Å²) in [5, 5.41) is 11.9. The smallest absolute Gasteiger partial charge is 0.258 e. The third kappa shape index (κ3) is 3.57. The first kappa shape index (κ1) is 14.1. The molecule has 1 heterocycles. The molecule has 1 aromatic heterocycles. The number of carbonyl (C=O) groups is 1. The summed E-state index contributed by atoms with van der Waals surface area (Å²) in [6.45, 7) is 2.05. The second-order valence-electron chi connectivity index (χ2n) is 3.83. The predicted molar refractivity (Wildman–Crippen MR) is 76.0 cm³/mol. The van der Waals surface area contributed by atoms with Crippen LogP contribution >= 0.6 is 27.3 Å². The van der Waals surface area contributed by atoms with Crippen molar-refractivity contribution in [1.29, 1.82) is 0 Å². The lowest BCUT2D eigenvalue weighted by atomic mass is 10.2. The summed E-state index contributed by atoms with van der Waals surface area (Å²) in [5.74, 6) is -0.740. The number of aromatic nitrogens is 2. The fraction of sp³-hybridized carbons (Fsp3) is 0.250. The highest BCUT2D eigenvalue weighted by Crippen LogP contribution is 2.21. The lowest BCUT2D eigenvalue weighted by molar-refractivity contribution is 0.102. The minimum atomic E-state index is -0.399. The second kappa shape index (κ2) is 6.21.